The van der Waals surface area contributed by atoms with Crippen LogP contribution >= 0.6 is 0 Å². The Morgan fingerprint density at radius 1 is 1.17 bits per heavy atom. The second kappa shape index (κ2) is 3.82. The first-order valence-electron chi connectivity index (χ1n) is 7.05. The number of nitrogens with two attached hydrogens (primary N) is 1. The summed E-state index contributed by atoms with van der Waals surface area (Å²) in [5, 5.41) is 0. The van der Waals surface area contributed by atoms with E-state index >= 15 is 0 Å². The van der Waals surface area contributed by atoms with E-state index in [1.54, 1.807) is 0 Å². The van der Waals surface area contributed by atoms with Crippen molar-refractivity contribution in [1.29, 1.82) is 0 Å². The lowest BCUT2D eigenvalue weighted by Crippen LogP contribution is -2.57. The Morgan fingerprint density at radius 3 is 2.39 bits per heavy atom. The summed E-state index contributed by atoms with van der Waals surface area (Å²) in [7, 11) is 0. The number of fused-ring (bicyclic) bond motifs is 2. The number of piperidine rings is 1. The first-order valence-corrected chi connectivity index (χ1v) is 7.05. The van der Waals surface area contributed by atoms with Crippen molar-refractivity contribution in [3.05, 3.63) is 35.4 Å². The topological polar surface area (TPSA) is 29.3 Å². The molecule has 0 radical (unpaired) electrons. The zero-order chi connectivity index (χ0) is 13.0. The fourth-order valence-corrected chi connectivity index (χ4v) is 3.77. The average Bonchev–Trinajstić information content (AvgIpc) is 2.37. The van der Waals surface area contributed by atoms with E-state index in [1.165, 1.54) is 37.1 Å². The van der Waals surface area contributed by atoms with Crippen molar-refractivity contribution in [2.24, 2.45) is 5.73 Å². The van der Waals surface area contributed by atoms with Gasteiger partial charge in [0.05, 0.1) is 0 Å². The highest BCUT2D eigenvalue weighted by Crippen LogP contribution is 2.54. The van der Waals surface area contributed by atoms with Crippen LogP contribution in [0.1, 0.15) is 50.8 Å². The van der Waals surface area contributed by atoms with E-state index in [-0.39, 0.29) is 17.0 Å². The van der Waals surface area contributed by atoms with Crippen LogP contribution in [0.3, 0.4) is 0 Å². The SMILES string of the molecule is CC(C)(C)N1CCC2(CC1)c1ccccc1[C@H]2N. The third kappa shape index (κ3) is 1.55. The van der Waals surface area contributed by atoms with Crippen molar-refractivity contribution >= 4 is 0 Å². The molecule has 2 aliphatic rings. The third-order valence-electron chi connectivity index (χ3n) is 5.03. The molecule has 2 heteroatoms. The molecule has 1 aromatic rings. The number of benzene rings is 1. The van der Waals surface area contributed by atoms with E-state index in [9.17, 15) is 0 Å². The molecule has 0 saturated carbocycles. The largest absolute Gasteiger partial charge is 0.323 e. The summed E-state index contributed by atoms with van der Waals surface area (Å²) in [5.74, 6) is 0. The van der Waals surface area contributed by atoms with Crippen molar-refractivity contribution in [1.82, 2.24) is 4.90 Å². The Kier molecular flexibility index (Phi) is 2.58. The fraction of sp³-hybridized carbons (Fsp3) is 0.625. The molecule has 1 aliphatic carbocycles. The smallest absolute Gasteiger partial charge is 0.0397 e. The van der Waals surface area contributed by atoms with Gasteiger partial charge in [-0.25, -0.2) is 0 Å². The van der Waals surface area contributed by atoms with Crippen LogP contribution in [0.15, 0.2) is 24.3 Å². The second-order valence-electron chi connectivity index (χ2n) is 6.88. The van der Waals surface area contributed by atoms with Gasteiger partial charge in [-0.1, -0.05) is 24.3 Å². The first-order chi connectivity index (χ1) is 8.45. The molecule has 2 N–H and O–H groups in total. The molecule has 18 heavy (non-hydrogen) atoms. The standard InChI is InChI=1S/C16H24N2/c1-15(2,3)18-10-8-16(9-11-18)13-7-5-4-6-12(13)14(16)17/h4-7,14H,8-11,17H2,1-3H3/t14-/m1/s1. The summed E-state index contributed by atoms with van der Waals surface area (Å²) in [5.41, 5.74) is 9.89. The Balaban J connectivity index is 1.82. The van der Waals surface area contributed by atoms with Gasteiger partial charge in [0.25, 0.3) is 0 Å². The van der Waals surface area contributed by atoms with Gasteiger partial charge in [0.2, 0.25) is 0 Å². The summed E-state index contributed by atoms with van der Waals surface area (Å²) in [4.78, 5) is 2.59. The van der Waals surface area contributed by atoms with Crippen LogP contribution in [0.5, 0.6) is 0 Å². The van der Waals surface area contributed by atoms with E-state index in [0.29, 0.717) is 0 Å². The number of likely N-dealkylation sites (tertiary alicyclic amines) is 1. The highest BCUT2D eigenvalue weighted by atomic mass is 15.2. The van der Waals surface area contributed by atoms with Gasteiger partial charge in [0, 0.05) is 17.0 Å². The Morgan fingerprint density at radius 2 is 1.78 bits per heavy atom. The van der Waals surface area contributed by atoms with Crippen molar-refractivity contribution in [3.63, 3.8) is 0 Å². The maximum absolute atomic E-state index is 6.44. The lowest BCUT2D eigenvalue weighted by atomic mass is 9.56. The summed E-state index contributed by atoms with van der Waals surface area (Å²) < 4.78 is 0. The van der Waals surface area contributed by atoms with Crippen LogP contribution in [-0.2, 0) is 5.41 Å². The molecule has 1 spiro atoms. The Labute approximate surface area is 110 Å². The number of hydrogen-bond acceptors (Lipinski definition) is 2. The lowest BCUT2D eigenvalue weighted by molar-refractivity contribution is 0.0541. The van der Waals surface area contributed by atoms with E-state index in [2.05, 4.69) is 49.9 Å². The predicted molar refractivity (Wildman–Crippen MR) is 75.6 cm³/mol. The molecular formula is C16H24N2. The van der Waals surface area contributed by atoms with Gasteiger partial charge in [-0.3, -0.25) is 4.90 Å². The molecule has 0 bridgehead atoms. The van der Waals surface area contributed by atoms with E-state index in [1.807, 2.05) is 0 Å². The third-order valence-corrected chi connectivity index (χ3v) is 5.03. The maximum Gasteiger partial charge on any atom is 0.0397 e. The van der Waals surface area contributed by atoms with Crippen LogP contribution < -0.4 is 5.73 Å². The second-order valence-corrected chi connectivity index (χ2v) is 6.88. The van der Waals surface area contributed by atoms with Gasteiger partial charge in [0.1, 0.15) is 0 Å². The minimum atomic E-state index is 0.260. The van der Waals surface area contributed by atoms with E-state index < -0.39 is 0 Å². The molecule has 0 amide bonds. The fourth-order valence-electron chi connectivity index (χ4n) is 3.77. The van der Waals surface area contributed by atoms with Gasteiger partial charge in [-0.05, 0) is 57.8 Å². The monoisotopic (exact) mass is 244 g/mol. The summed E-state index contributed by atoms with van der Waals surface area (Å²) in [6.07, 6.45) is 2.42. The minimum Gasteiger partial charge on any atom is -0.323 e. The highest BCUT2D eigenvalue weighted by molar-refractivity contribution is 5.49. The van der Waals surface area contributed by atoms with Crippen molar-refractivity contribution < 1.29 is 0 Å². The van der Waals surface area contributed by atoms with Crippen LogP contribution in [0.4, 0.5) is 0 Å². The van der Waals surface area contributed by atoms with E-state index in [0.717, 1.165) is 0 Å². The lowest BCUT2D eigenvalue weighted by Gasteiger charge is -2.55. The molecule has 1 fully saturated rings. The Bertz CT molecular complexity index is 450. The molecule has 1 heterocycles. The Hall–Kier alpha value is -0.860. The van der Waals surface area contributed by atoms with Gasteiger partial charge >= 0.3 is 0 Å². The molecule has 3 rings (SSSR count). The van der Waals surface area contributed by atoms with Gasteiger partial charge in [0.15, 0.2) is 0 Å². The molecule has 1 aromatic carbocycles. The molecule has 1 saturated heterocycles. The van der Waals surface area contributed by atoms with Crippen molar-refractivity contribution in [2.45, 2.75) is 50.6 Å². The summed E-state index contributed by atoms with van der Waals surface area (Å²) in [6, 6.07) is 9.00. The zero-order valence-electron chi connectivity index (χ0n) is 11.7. The molecule has 98 valence electrons. The predicted octanol–water partition coefficient (Wildman–Crippen LogP) is 2.83. The maximum atomic E-state index is 6.44. The first kappa shape index (κ1) is 12.2. The molecule has 0 aromatic heterocycles. The minimum absolute atomic E-state index is 0.260. The zero-order valence-corrected chi connectivity index (χ0v) is 11.7. The average molecular weight is 244 g/mol. The van der Waals surface area contributed by atoms with Crippen LogP contribution in [-0.4, -0.2) is 23.5 Å². The molecular weight excluding hydrogens is 220 g/mol. The highest BCUT2D eigenvalue weighted by Gasteiger charge is 2.51. The normalized spacial score (nSPS) is 26.8. The molecule has 2 nitrogen and oxygen atoms in total. The molecule has 0 unspecified atom stereocenters. The molecule has 1 atom stereocenters. The van der Waals surface area contributed by atoms with Crippen LogP contribution in [0.2, 0.25) is 0 Å². The van der Waals surface area contributed by atoms with Crippen LogP contribution in [0, 0.1) is 0 Å². The van der Waals surface area contributed by atoms with Crippen LogP contribution in [0.25, 0.3) is 0 Å². The quantitative estimate of drug-likeness (QED) is 0.760. The van der Waals surface area contributed by atoms with Crippen molar-refractivity contribution in [2.75, 3.05) is 13.1 Å². The summed E-state index contributed by atoms with van der Waals surface area (Å²) in [6.45, 7) is 9.26. The number of nitrogens with zero attached hydrogens (tertiary/aromatic N) is 1. The number of hydrogen-bond donors (Lipinski definition) is 1. The summed E-state index contributed by atoms with van der Waals surface area (Å²) >= 11 is 0. The van der Waals surface area contributed by atoms with Gasteiger partial charge < -0.3 is 5.73 Å². The van der Waals surface area contributed by atoms with E-state index in [4.69, 9.17) is 5.73 Å². The molecule has 1 aliphatic heterocycles. The van der Waals surface area contributed by atoms with Gasteiger partial charge in [-0.2, -0.15) is 0 Å². The van der Waals surface area contributed by atoms with Gasteiger partial charge in [-0.15, -0.1) is 0 Å². The number of rotatable bonds is 0. The van der Waals surface area contributed by atoms with Crippen molar-refractivity contribution in [3.8, 4) is 0 Å².